The van der Waals surface area contributed by atoms with E-state index in [1.54, 1.807) is 6.07 Å². The van der Waals surface area contributed by atoms with E-state index in [0.717, 1.165) is 0 Å². The molecule has 0 saturated heterocycles. The summed E-state index contributed by atoms with van der Waals surface area (Å²) < 4.78 is 33.4. The van der Waals surface area contributed by atoms with Crippen LogP contribution in [0.25, 0.3) is 0 Å². The van der Waals surface area contributed by atoms with Crippen LogP contribution in [0.5, 0.6) is 11.5 Å². The second-order valence-electron chi connectivity index (χ2n) is 4.66. The Labute approximate surface area is 146 Å². The Hall–Kier alpha value is -2.87. The Kier molecular flexibility index (Phi) is 6.13. The molecule has 0 aromatic heterocycles. The van der Waals surface area contributed by atoms with E-state index in [9.17, 15) is 18.4 Å². The topological polar surface area (TPSA) is 76.7 Å². The first-order valence-corrected chi connectivity index (χ1v) is 7.27. The average Bonchev–Trinajstić information content (AvgIpc) is 2.59. The fourth-order valence-corrected chi connectivity index (χ4v) is 2.07. The van der Waals surface area contributed by atoms with Crippen LogP contribution in [0.4, 0.5) is 8.78 Å². The zero-order valence-corrected chi connectivity index (χ0v) is 13.6. The molecule has 0 fully saturated rings. The van der Waals surface area contributed by atoms with Gasteiger partial charge in [-0.15, -0.1) is 0 Å². The number of ether oxygens (including phenoxy) is 2. The summed E-state index contributed by atoms with van der Waals surface area (Å²) in [5.41, 5.74) is 4.69. The number of hydrogen-bond donors (Lipinski definition) is 2. The lowest BCUT2D eigenvalue weighted by atomic mass is 10.2. The van der Waals surface area contributed by atoms with E-state index in [4.69, 9.17) is 16.3 Å². The predicted molar refractivity (Wildman–Crippen MR) is 86.0 cm³/mol. The molecule has 0 atom stereocenters. The minimum absolute atomic E-state index is 0.0840. The molecule has 2 rings (SSSR count). The van der Waals surface area contributed by atoms with Crippen molar-refractivity contribution in [2.45, 2.75) is 6.61 Å². The number of amides is 2. The average molecular weight is 371 g/mol. The first-order chi connectivity index (χ1) is 11.9. The zero-order valence-electron chi connectivity index (χ0n) is 12.9. The summed E-state index contributed by atoms with van der Waals surface area (Å²) >= 11 is 5.84. The van der Waals surface area contributed by atoms with Gasteiger partial charge < -0.3 is 9.47 Å². The molecule has 6 nitrogen and oxygen atoms in total. The Morgan fingerprint density at radius 3 is 2.28 bits per heavy atom. The van der Waals surface area contributed by atoms with Gasteiger partial charge in [-0.2, -0.15) is 8.78 Å². The van der Waals surface area contributed by atoms with Crippen LogP contribution in [0.15, 0.2) is 42.5 Å². The Morgan fingerprint density at radius 1 is 1.04 bits per heavy atom. The first kappa shape index (κ1) is 18.5. The van der Waals surface area contributed by atoms with E-state index in [-0.39, 0.29) is 22.6 Å². The quantitative estimate of drug-likeness (QED) is 0.793. The Balaban J connectivity index is 2.00. The van der Waals surface area contributed by atoms with Crippen LogP contribution >= 0.6 is 11.6 Å². The van der Waals surface area contributed by atoms with Crippen molar-refractivity contribution in [1.29, 1.82) is 0 Å². The second kappa shape index (κ2) is 8.29. The number of benzene rings is 2. The normalized spacial score (nSPS) is 10.3. The van der Waals surface area contributed by atoms with Crippen LogP contribution in [0, 0.1) is 0 Å². The zero-order chi connectivity index (χ0) is 18.4. The lowest BCUT2D eigenvalue weighted by molar-refractivity contribution is -0.0498. The van der Waals surface area contributed by atoms with Crippen molar-refractivity contribution in [3.8, 4) is 11.5 Å². The van der Waals surface area contributed by atoms with Gasteiger partial charge in [-0.3, -0.25) is 20.4 Å². The molecule has 0 unspecified atom stereocenters. The van der Waals surface area contributed by atoms with Gasteiger partial charge in [0, 0.05) is 10.6 Å². The molecule has 0 aliphatic heterocycles. The molecule has 0 heterocycles. The van der Waals surface area contributed by atoms with Crippen molar-refractivity contribution in [3.05, 3.63) is 58.6 Å². The minimum Gasteiger partial charge on any atom is -0.496 e. The van der Waals surface area contributed by atoms with Gasteiger partial charge in [0.1, 0.15) is 11.5 Å². The van der Waals surface area contributed by atoms with Gasteiger partial charge in [0.05, 0.1) is 12.7 Å². The summed E-state index contributed by atoms with van der Waals surface area (Å²) in [5, 5.41) is 0.326. The minimum atomic E-state index is -2.95. The Morgan fingerprint density at radius 2 is 1.68 bits per heavy atom. The highest BCUT2D eigenvalue weighted by Gasteiger charge is 2.14. The number of nitrogens with one attached hydrogen (secondary N) is 2. The fourth-order valence-electron chi connectivity index (χ4n) is 1.90. The first-order valence-electron chi connectivity index (χ1n) is 6.90. The molecular weight excluding hydrogens is 358 g/mol. The maximum atomic E-state index is 12.1. The van der Waals surface area contributed by atoms with Gasteiger partial charge in [0.15, 0.2) is 0 Å². The van der Waals surface area contributed by atoms with Gasteiger partial charge in [-0.05, 0) is 42.5 Å². The number of alkyl halides is 2. The third-order valence-electron chi connectivity index (χ3n) is 3.04. The third-order valence-corrected chi connectivity index (χ3v) is 3.27. The molecule has 0 radical (unpaired) electrons. The monoisotopic (exact) mass is 370 g/mol. The van der Waals surface area contributed by atoms with E-state index in [1.807, 2.05) is 0 Å². The lowest BCUT2D eigenvalue weighted by Crippen LogP contribution is -2.41. The molecule has 132 valence electrons. The molecule has 2 aromatic rings. The van der Waals surface area contributed by atoms with E-state index < -0.39 is 18.4 Å². The molecule has 0 aliphatic rings. The van der Waals surface area contributed by atoms with Crippen LogP contribution in [-0.4, -0.2) is 25.5 Å². The van der Waals surface area contributed by atoms with Crippen LogP contribution in [-0.2, 0) is 0 Å². The second-order valence-corrected chi connectivity index (χ2v) is 5.09. The highest BCUT2D eigenvalue weighted by Crippen LogP contribution is 2.22. The van der Waals surface area contributed by atoms with E-state index in [2.05, 4.69) is 15.6 Å². The smallest absolute Gasteiger partial charge is 0.387 e. The number of hydrazine groups is 1. The predicted octanol–water partition coefficient (Wildman–Crippen LogP) is 3.02. The van der Waals surface area contributed by atoms with Crippen molar-refractivity contribution in [1.82, 2.24) is 10.9 Å². The van der Waals surface area contributed by atoms with Gasteiger partial charge in [0.25, 0.3) is 11.8 Å². The molecule has 2 amide bonds. The molecule has 0 spiro atoms. The van der Waals surface area contributed by atoms with Crippen LogP contribution < -0.4 is 20.3 Å². The summed E-state index contributed by atoms with van der Waals surface area (Å²) in [6, 6.07) is 9.43. The lowest BCUT2D eigenvalue weighted by Gasteiger charge is -2.11. The number of rotatable bonds is 5. The number of hydrogen-bond acceptors (Lipinski definition) is 4. The van der Waals surface area contributed by atoms with Gasteiger partial charge in [-0.25, -0.2) is 0 Å². The standard InChI is InChI=1S/C16H13ClF2N2O4/c1-24-13-7-4-10(17)8-12(13)15(23)21-20-14(22)9-2-5-11(6-3-9)25-16(18)19/h2-8,16H,1H3,(H,20,22)(H,21,23). The SMILES string of the molecule is COc1ccc(Cl)cc1C(=O)NNC(=O)c1ccc(OC(F)F)cc1. The summed E-state index contributed by atoms with van der Waals surface area (Å²) in [6.07, 6.45) is 0. The van der Waals surface area contributed by atoms with Gasteiger partial charge >= 0.3 is 6.61 Å². The Bertz CT molecular complexity index is 769. The van der Waals surface area contributed by atoms with Crippen molar-refractivity contribution < 1.29 is 27.8 Å². The van der Waals surface area contributed by atoms with E-state index in [1.165, 1.54) is 43.5 Å². The molecule has 0 saturated carbocycles. The highest BCUT2D eigenvalue weighted by atomic mass is 35.5. The van der Waals surface area contributed by atoms with Gasteiger partial charge in [0.2, 0.25) is 0 Å². The van der Waals surface area contributed by atoms with Crippen molar-refractivity contribution in [2.75, 3.05) is 7.11 Å². The fraction of sp³-hybridized carbons (Fsp3) is 0.125. The summed E-state index contributed by atoms with van der Waals surface area (Å²) in [5.74, 6) is -1.08. The molecule has 0 bridgehead atoms. The summed E-state index contributed by atoms with van der Waals surface area (Å²) in [7, 11) is 1.39. The molecule has 0 aliphatic carbocycles. The van der Waals surface area contributed by atoms with Crippen LogP contribution in [0.1, 0.15) is 20.7 Å². The molecule has 25 heavy (non-hydrogen) atoms. The molecule has 9 heteroatoms. The molecule has 2 N–H and O–H groups in total. The van der Waals surface area contributed by atoms with E-state index in [0.29, 0.717) is 5.02 Å². The molecular formula is C16H13ClF2N2O4. The van der Waals surface area contributed by atoms with Gasteiger partial charge in [-0.1, -0.05) is 11.6 Å². The number of methoxy groups -OCH3 is 1. The summed E-state index contributed by atoms with van der Waals surface area (Å²) in [6.45, 7) is -2.95. The number of halogens is 3. The largest absolute Gasteiger partial charge is 0.496 e. The molecule has 2 aromatic carbocycles. The van der Waals surface area contributed by atoms with Crippen molar-refractivity contribution in [3.63, 3.8) is 0 Å². The van der Waals surface area contributed by atoms with E-state index >= 15 is 0 Å². The highest BCUT2D eigenvalue weighted by molar-refractivity contribution is 6.31. The summed E-state index contributed by atoms with van der Waals surface area (Å²) in [4.78, 5) is 24.1. The third kappa shape index (κ3) is 5.05. The van der Waals surface area contributed by atoms with Crippen LogP contribution in [0.2, 0.25) is 5.02 Å². The number of carbonyl (C=O) groups is 2. The maximum Gasteiger partial charge on any atom is 0.387 e. The van der Waals surface area contributed by atoms with Crippen LogP contribution in [0.3, 0.4) is 0 Å². The van der Waals surface area contributed by atoms with Crippen molar-refractivity contribution >= 4 is 23.4 Å². The number of carbonyl (C=O) groups excluding carboxylic acids is 2. The van der Waals surface area contributed by atoms with Crippen molar-refractivity contribution in [2.24, 2.45) is 0 Å². The maximum absolute atomic E-state index is 12.1.